The summed E-state index contributed by atoms with van der Waals surface area (Å²) in [5.41, 5.74) is 0. The molecule has 25 heavy (non-hydrogen) atoms. The molecule has 3 aliphatic rings. The lowest BCUT2D eigenvalue weighted by Gasteiger charge is -2.36. The summed E-state index contributed by atoms with van der Waals surface area (Å²) in [6, 6.07) is 0.416. The Morgan fingerprint density at radius 2 is 1.52 bits per heavy atom. The van der Waals surface area contributed by atoms with E-state index in [0.717, 1.165) is 32.4 Å². The Morgan fingerprint density at radius 3 is 2.20 bits per heavy atom. The van der Waals surface area contributed by atoms with Gasteiger partial charge in [0.15, 0.2) is 0 Å². The topological polar surface area (TPSA) is 64.7 Å². The molecule has 3 rings (SSSR count). The van der Waals surface area contributed by atoms with E-state index in [1.54, 1.807) is 0 Å². The zero-order valence-electron chi connectivity index (χ0n) is 15.5. The first-order valence-corrected chi connectivity index (χ1v) is 10.3. The first-order valence-electron chi connectivity index (χ1n) is 10.3. The number of rotatable bonds is 4. The van der Waals surface area contributed by atoms with E-state index in [9.17, 15) is 9.59 Å². The summed E-state index contributed by atoms with van der Waals surface area (Å²) in [6.07, 6.45) is 10.0. The third kappa shape index (κ3) is 5.59. The molecule has 2 heterocycles. The molecule has 2 aliphatic heterocycles. The molecule has 0 bridgehead atoms. The van der Waals surface area contributed by atoms with Gasteiger partial charge in [-0.05, 0) is 51.1 Å². The van der Waals surface area contributed by atoms with Crippen molar-refractivity contribution >= 4 is 11.9 Å². The van der Waals surface area contributed by atoms with Crippen molar-refractivity contribution in [3.63, 3.8) is 0 Å². The molecule has 0 radical (unpaired) electrons. The molecule has 0 aromatic carbocycles. The standard InChI is InChI=1S/C19H34N4O2/c24-18(7-6-16-8-10-20-11-9-16)22-12-14-23(15-13-22)19(25)21-17-4-2-1-3-5-17/h16-17,20H,1-15H2,(H,21,25). The fourth-order valence-corrected chi connectivity index (χ4v) is 4.33. The van der Waals surface area contributed by atoms with E-state index in [0.29, 0.717) is 44.6 Å². The first kappa shape index (κ1) is 18.5. The van der Waals surface area contributed by atoms with Crippen molar-refractivity contribution in [3.05, 3.63) is 0 Å². The van der Waals surface area contributed by atoms with Crippen LogP contribution in [0.25, 0.3) is 0 Å². The average molecular weight is 351 g/mol. The molecule has 0 atom stereocenters. The highest BCUT2D eigenvalue weighted by atomic mass is 16.2. The van der Waals surface area contributed by atoms with Crippen molar-refractivity contribution in [2.75, 3.05) is 39.3 Å². The molecular formula is C19H34N4O2. The Labute approximate surface area is 151 Å². The summed E-state index contributed by atoms with van der Waals surface area (Å²) in [5, 5.41) is 6.55. The fraction of sp³-hybridized carbons (Fsp3) is 0.895. The number of nitrogens with zero attached hydrogens (tertiary/aromatic N) is 2. The normalized spacial score (nSPS) is 23.5. The quantitative estimate of drug-likeness (QED) is 0.814. The van der Waals surface area contributed by atoms with Crippen LogP contribution in [-0.2, 0) is 4.79 Å². The summed E-state index contributed by atoms with van der Waals surface area (Å²) in [7, 11) is 0. The van der Waals surface area contributed by atoms with E-state index >= 15 is 0 Å². The molecule has 2 saturated heterocycles. The number of piperazine rings is 1. The number of amides is 3. The highest BCUT2D eigenvalue weighted by Gasteiger charge is 2.26. The van der Waals surface area contributed by atoms with Crippen molar-refractivity contribution in [1.82, 2.24) is 20.4 Å². The molecule has 1 aliphatic carbocycles. The van der Waals surface area contributed by atoms with Crippen molar-refractivity contribution in [1.29, 1.82) is 0 Å². The predicted molar refractivity (Wildman–Crippen MR) is 98.4 cm³/mol. The third-order valence-corrected chi connectivity index (χ3v) is 6.08. The van der Waals surface area contributed by atoms with Crippen LogP contribution in [0.4, 0.5) is 4.79 Å². The minimum Gasteiger partial charge on any atom is -0.339 e. The number of urea groups is 1. The van der Waals surface area contributed by atoms with Gasteiger partial charge in [-0.3, -0.25) is 4.79 Å². The van der Waals surface area contributed by atoms with Crippen LogP contribution in [0.5, 0.6) is 0 Å². The second-order valence-electron chi connectivity index (χ2n) is 7.88. The summed E-state index contributed by atoms with van der Waals surface area (Å²) < 4.78 is 0. The van der Waals surface area contributed by atoms with Crippen molar-refractivity contribution < 1.29 is 9.59 Å². The Hall–Kier alpha value is -1.30. The Bertz CT molecular complexity index is 437. The lowest BCUT2D eigenvalue weighted by atomic mass is 9.93. The third-order valence-electron chi connectivity index (χ3n) is 6.08. The van der Waals surface area contributed by atoms with Crippen LogP contribution in [0.3, 0.4) is 0 Å². The molecule has 142 valence electrons. The van der Waals surface area contributed by atoms with Crippen molar-refractivity contribution in [2.45, 2.75) is 63.8 Å². The smallest absolute Gasteiger partial charge is 0.317 e. The molecule has 6 heteroatoms. The van der Waals surface area contributed by atoms with Crippen LogP contribution in [-0.4, -0.2) is 67.0 Å². The summed E-state index contributed by atoms with van der Waals surface area (Å²) in [5.74, 6) is 0.971. The van der Waals surface area contributed by atoms with Crippen LogP contribution in [0, 0.1) is 5.92 Å². The summed E-state index contributed by atoms with van der Waals surface area (Å²) in [4.78, 5) is 28.6. The maximum atomic E-state index is 12.4. The van der Waals surface area contributed by atoms with Crippen molar-refractivity contribution in [2.24, 2.45) is 5.92 Å². The molecule has 3 amide bonds. The van der Waals surface area contributed by atoms with E-state index < -0.39 is 0 Å². The zero-order valence-corrected chi connectivity index (χ0v) is 15.5. The monoisotopic (exact) mass is 350 g/mol. The molecule has 3 fully saturated rings. The Kier molecular flexibility index (Phi) is 6.96. The lowest BCUT2D eigenvalue weighted by Crippen LogP contribution is -2.54. The molecule has 1 saturated carbocycles. The van der Waals surface area contributed by atoms with Gasteiger partial charge in [0.05, 0.1) is 0 Å². The van der Waals surface area contributed by atoms with Gasteiger partial charge in [-0.1, -0.05) is 19.3 Å². The SMILES string of the molecule is O=C(CCC1CCNCC1)N1CCN(C(=O)NC2CCCCC2)CC1. The lowest BCUT2D eigenvalue weighted by molar-refractivity contribution is -0.133. The molecule has 0 unspecified atom stereocenters. The number of piperidine rings is 1. The molecular weight excluding hydrogens is 316 g/mol. The van der Waals surface area contributed by atoms with E-state index in [2.05, 4.69) is 10.6 Å². The van der Waals surface area contributed by atoms with Gasteiger partial charge in [0.25, 0.3) is 0 Å². The van der Waals surface area contributed by atoms with Gasteiger partial charge >= 0.3 is 6.03 Å². The number of nitrogens with one attached hydrogen (secondary N) is 2. The largest absolute Gasteiger partial charge is 0.339 e. The molecule has 0 aromatic heterocycles. The van der Waals surface area contributed by atoms with Gasteiger partial charge in [0.1, 0.15) is 0 Å². The maximum Gasteiger partial charge on any atom is 0.317 e. The zero-order chi connectivity index (χ0) is 17.5. The van der Waals surface area contributed by atoms with Crippen LogP contribution in [0.1, 0.15) is 57.8 Å². The first-order chi connectivity index (χ1) is 12.2. The van der Waals surface area contributed by atoms with Crippen LogP contribution in [0.2, 0.25) is 0 Å². The van der Waals surface area contributed by atoms with E-state index in [-0.39, 0.29) is 11.9 Å². The van der Waals surface area contributed by atoms with Gasteiger partial charge < -0.3 is 20.4 Å². The Morgan fingerprint density at radius 1 is 0.880 bits per heavy atom. The van der Waals surface area contributed by atoms with Crippen LogP contribution < -0.4 is 10.6 Å². The molecule has 0 aromatic rings. The van der Waals surface area contributed by atoms with Crippen molar-refractivity contribution in [3.8, 4) is 0 Å². The number of carbonyl (C=O) groups is 2. The van der Waals surface area contributed by atoms with E-state index in [1.165, 1.54) is 32.1 Å². The summed E-state index contributed by atoms with van der Waals surface area (Å²) in [6.45, 7) is 4.88. The van der Waals surface area contributed by atoms with Gasteiger partial charge in [0, 0.05) is 38.6 Å². The Balaban J connectivity index is 1.34. The number of carbonyl (C=O) groups excluding carboxylic acids is 2. The predicted octanol–water partition coefficient (Wildman–Crippen LogP) is 1.95. The minimum absolute atomic E-state index is 0.0636. The average Bonchev–Trinajstić information content (AvgIpc) is 2.68. The second-order valence-corrected chi connectivity index (χ2v) is 7.88. The highest BCUT2D eigenvalue weighted by molar-refractivity contribution is 5.77. The fourth-order valence-electron chi connectivity index (χ4n) is 4.33. The van der Waals surface area contributed by atoms with Gasteiger partial charge in [-0.15, -0.1) is 0 Å². The van der Waals surface area contributed by atoms with Crippen LogP contribution >= 0.6 is 0 Å². The summed E-state index contributed by atoms with van der Waals surface area (Å²) >= 11 is 0. The maximum absolute atomic E-state index is 12.4. The molecule has 0 spiro atoms. The molecule has 6 nitrogen and oxygen atoms in total. The van der Waals surface area contributed by atoms with E-state index in [4.69, 9.17) is 0 Å². The van der Waals surface area contributed by atoms with Gasteiger partial charge in [-0.25, -0.2) is 4.79 Å². The van der Waals surface area contributed by atoms with Gasteiger partial charge in [0.2, 0.25) is 5.91 Å². The highest BCUT2D eigenvalue weighted by Crippen LogP contribution is 2.19. The van der Waals surface area contributed by atoms with Crippen LogP contribution in [0.15, 0.2) is 0 Å². The van der Waals surface area contributed by atoms with Gasteiger partial charge in [-0.2, -0.15) is 0 Å². The molecule has 2 N–H and O–H groups in total. The second kappa shape index (κ2) is 9.41. The number of hydrogen-bond acceptors (Lipinski definition) is 3. The minimum atomic E-state index is 0.0636. The number of hydrogen-bond donors (Lipinski definition) is 2. The van der Waals surface area contributed by atoms with E-state index in [1.807, 2.05) is 9.80 Å².